The van der Waals surface area contributed by atoms with Gasteiger partial charge >= 0.3 is 0 Å². The van der Waals surface area contributed by atoms with E-state index in [2.05, 4.69) is 10.3 Å². The number of para-hydroxylation sites is 1. The van der Waals surface area contributed by atoms with E-state index in [0.29, 0.717) is 10.2 Å². The Morgan fingerprint density at radius 3 is 2.90 bits per heavy atom. The van der Waals surface area contributed by atoms with Gasteiger partial charge in [-0.1, -0.05) is 19.1 Å². The number of carbonyl (C=O) groups is 2. The van der Waals surface area contributed by atoms with Gasteiger partial charge in [0.25, 0.3) is 5.56 Å². The maximum Gasteiger partial charge on any atom is 0.262 e. The minimum atomic E-state index is -0.485. The van der Waals surface area contributed by atoms with E-state index < -0.39 is 17.8 Å². The van der Waals surface area contributed by atoms with Crippen LogP contribution >= 0.6 is 11.3 Å². The van der Waals surface area contributed by atoms with E-state index in [4.69, 9.17) is 0 Å². The first-order valence-electron chi connectivity index (χ1n) is 9.28. The van der Waals surface area contributed by atoms with Crippen LogP contribution in [0.15, 0.2) is 41.5 Å². The summed E-state index contributed by atoms with van der Waals surface area (Å²) in [5, 5.41) is 3.26. The highest BCUT2D eigenvalue weighted by Gasteiger charge is 2.32. The van der Waals surface area contributed by atoms with Crippen molar-refractivity contribution in [2.24, 2.45) is 0 Å². The van der Waals surface area contributed by atoms with Crippen LogP contribution in [0.25, 0.3) is 10.2 Å². The molecule has 2 aromatic heterocycles. The van der Waals surface area contributed by atoms with Gasteiger partial charge in [-0.05, 0) is 24.6 Å². The lowest BCUT2D eigenvalue weighted by Gasteiger charge is -2.18. The third-order valence-electron chi connectivity index (χ3n) is 4.86. The largest absolute Gasteiger partial charge is 0.349 e. The van der Waals surface area contributed by atoms with Crippen molar-refractivity contribution in [1.82, 2.24) is 14.9 Å². The van der Waals surface area contributed by atoms with E-state index in [1.807, 2.05) is 13.0 Å². The Labute approximate surface area is 169 Å². The normalized spacial score (nSPS) is 16.6. The Morgan fingerprint density at radius 2 is 2.14 bits per heavy atom. The van der Waals surface area contributed by atoms with E-state index in [1.54, 1.807) is 12.1 Å². The summed E-state index contributed by atoms with van der Waals surface area (Å²) in [7, 11) is 0. The van der Waals surface area contributed by atoms with E-state index in [1.165, 1.54) is 39.3 Å². The molecular formula is C20H19FN4O3S. The van der Waals surface area contributed by atoms with Crippen molar-refractivity contribution in [2.75, 3.05) is 11.4 Å². The lowest BCUT2D eigenvalue weighted by atomic mass is 10.2. The highest BCUT2D eigenvalue weighted by atomic mass is 32.1. The Balaban J connectivity index is 1.45. The standard InChI is InChI=1S/C20H19FN4O3S/c1-2-13-8-14-19(29-13)22-11-24(20(14)28)10-17(26)23-12-7-18(27)25(9-12)16-6-4-3-5-15(16)21/h3-6,8,11-12H,2,7,9-10H2,1H3,(H,23,26)/t12-/m0/s1. The number of halogens is 1. The number of benzene rings is 1. The van der Waals surface area contributed by atoms with Crippen LogP contribution in [0.5, 0.6) is 0 Å². The van der Waals surface area contributed by atoms with Crippen LogP contribution in [0, 0.1) is 5.82 Å². The third-order valence-corrected chi connectivity index (χ3v) is 6.05. The second-order valence-electron chi connectivity index (χ2n) is 6.89. The highest BCUT2D eigenvalue weighted by Crippen LogP contribution is 2.24. The van der Waals surface area contributed by atoms with Crippen LogP contribution < -0.4 is 15.8 Å². The second kappa shape index (κ2) is 7.75. The number of thiophene rings is 1. The molecule has 1 aliphatic rings. The van der Waals surface area contributed by atoms with Crippen molar-refractivity contribution < 1.29 is 14.0 Å². The predicted octanol–water partition coefficient (Wildman–Crippen LogP) is 2.08. The van der Waals surface area contributed by atoms with Gasteiger partial charge in [0.05, 0.1) is 23.4 Å². The van der Waals surface area contributed by atoms with Gasteiger partial charge in [0, 0.05) is 17.8 Å². The summed E-state index contributed by atoms with van der Waals surface area (Å²) in [6, 6.07) is 7.39. The van der Waals surface area contributed by atoms with Crippen molar-refractivity contribution >= 4 is 39.1 Å². The van der Waals surface area contributed by atoms with Gasteiger partial charge in [0.1, 0.15) is 17.2 Å². The summed E-state index contributed by atoms with van der Waals surface area (Å²) < 4.78 is 15.2. The van der Waals surface area contributed by atoms with E-state index >= 15 is 0 Å². The van der Waals surface area contributed by atoms with E-state index in [-0.39, 0.29) is 36.7 Å². The minimum absolute atomic E-state index is 0.0800. The molecule has 0 bridgehead atoms. The molecule has 29 heavy (non-hydrogen) atoms. The molecule has 9 heteroatoms. The van der Waals surface area contributed by atoms with Gasteiger partial charge in [0.2, 0.25) is 11.8 Å². The molecule has 2 amide bonds. The number of hydrogen-bond acceptors (Lipinski definition) is 5. The zero-order chi connectivity index (χ0) is 20.5. The smallest absolute Gasteiger partial charge is 0.262 e. The lowest BCUT2D eigenvalue weighted by molar-refractivity contribution is -0.122. The van der Waals surface area contributed by atoms with Gasteiger partial charge in [-0.15, -0.1) is 11.3 Å². The van der Waals surface area contributed by atoms with Crippen LogP contribution in [-0.2, 0) is 22.6 Å². The number of nitrogens with zero attached hydrogens (tertiary/aromatic N) is 3. The molecule has 4 rings (SSSR count). The summed E-state index contributed by atoms with van der Waals surface area (Å²) in [5.74, 6) is -1.14. The molecule has 0 spiro atoms. The Kier molecular flexibility index (Phi) is 5.14. The van der Waals surface area contributed by atoms with Crippen molar-refractivity contribution in [3.8, 4) is 0 Å². The quantitative estimate of drug-likeness (QED) is 0.693. The summed E-state index contributed by atoms with van der Waals surface area (Å²) in [4.78, 5) is 44.6. The number of carbonyl (C=O) groups excluding carboxylic acids is 2. The molecule has 0 radical (unpaired) electrons. The number of amides is 2. The Hall–Kier alpha value is -3.07. The van der Waals surface area contributed by atoms with E-state index in [0.717, 1.165) is 11.3 Å². The fourth-order valence-corrected chi connectivity index (χ4v) is 4.36. The SMILES string of the molecule is CCc1cc2c(=O)n(CC(=O)N[C@H]3CC(=O)N(c4ccccc4F)C3)cnc2s1. The van der Waals surface area contributed by atoms with Crippen LogP contribution in [0.1, 0.15) is 18.2 Å². The first-order valence-corrected chi connectivity index (χ1v) is 10.1. The molecule has 0 saturated carbocycles. The maximum atomic E-state index is 14.0. The van der Waals surface area contributed by atoms with Crippen LogP contribution in [0.4, 0.5) is 10.1 Å². The molecule has 0 unspecified atom stereocenters. The minimum Gasteiger partial charge on any atom is -0.349 e. The summed E-state index contributed by atoms with van der Waals surface area (Å²) in [6.07, 6.45) is 2.26. The fourth-order valence-electron chi connectivity index (χ4n) is 3.43. The average molecular weight is 414 g/mol. The molecule has 1 atom stereocenters. The second-order valence-corrected chi connectivity index (χ2v) is 8.00. The van der Waals surface area contributed by atoms with Crippen LogP contribution in [0.3, 0.4) is 0 Å². The number of anilines is 1. The number of nitrogens with one attached hydrogen (secondary N) is 1. The zero-order valence-corrected chi connectivity index (χ0v) is 16.5. The predicted molar refractivity (Wildman–Crippen MR) is 109 cm³/mol. The monoisotopic (exact) mass is 414 g/mol. The van der Waals surface area contributed by atoms with Crippen molar-refractivity contribution in [1.29, 1.82) is 0 Å². The molecule has 1 aromatic carbocycles. The summed E-state index contributed by atoms with van der Waals surface area (Å²) in [6.45, 7) is 2.00. The van der Waals surface area contributed by atoms with Gasteiger partial charge in [-0.25, -0.2) is 9.37 Å². The first-order chi connectivity index (χ1) is 14.0. The number of rotatable bonds is 5. The Bertz CT molecular complexity index is 1160. The molecule has 0 aliphatic carbocycles. The maximum absolute atomic E-state index is 14.0. The summed E-state index contributed by atoms with van der Waals surface area (Å²) >= 11 is 1.47. The van der Waals surface area contributed by atoms with Gasteiger partial charge in [-0.2, -0.15) is 0 Å². The number of aromatic nitrogens is 2. The zero-order valence-electron chi connectivity index (χ0n) is 15.7. The van der Waals surface area contributed by atoms with Crippen LogP contribution in [-0.4, -0.2) is 34.0 Å². The molecule has 150 valence electrons. The summed E-state index contributed by atoms with van der Waals surface area (Å²) in [5.41, 5.74) is -0.0686. The number of fused-ring (bicyclic) bond motifs is 1. The number of aryl methyl sites for hydroxylation is 1. The molecule has 1 aliphatic heterocycles. The number of hydrogen-bond donors (Lipinski definition) is 1. The third kappa shape index (κ3) is 3.77. The van der Waals surface area contributed by atoms with Gasteiger partial charge in [0.15, 0.2) is 0 Å². The average Bonchev–Trinajstić information content (AvgIpc) is 3.28. The Morgan fingerprint density at radius 1 is 1.34 bits per heavy atom. The van der Waals surface area contributed by atoms with Crippen molar-refractivity contribution in [3.63, 3.8) is 0 Å². The fraction of sp³-hybridized carbons (Fsp3) is 0.300. The topological polar surface area (TPSA) is 84.3 Å². The molecular weight excluding hydrogens is 395 g/mol. The molecule has 1 N–H and O–H groups in total. The van der Waals surface area contributed by atoms with Crippen LogP contribution in [0.2, 0.25) is 0 Å². The lowest BCUT2D eigenvalue weighted by Crippen LogP contribution is -2.40. The molecule has 3 heterocycles. The first kappa shape index (κ1) is 19.3. The highest BCUT2D eigenvalue weighted by molar-refractivity contribution is 7.18. The molecule has 3 aromatic rings. The van der Waals surface area contributed by atoms with Crippen molar-refractivity contribution in [2.45, 2.75) is 32.4 Å². The van der Waals surface area contributed by atoms with Gasteiger partial charge < -0.3 is 10.2 Å². The van der Waals surface area contributed by atoms with Crippen molar-refractivity contribution in [3.05, 3.63) is 57.7 Å². The molecule has 7 nitrogen and oxygen atoms in total. The van der Waals surface area contributed by atoms with Gasteiger partial charge in [-0.3, -0.25) is 19.0 Å². The molecule has 1 saturated heterocycles. The van der Waals surface area contributed by atoms with E-state index in [9.17, 15) is 18.8 Å². The molecule has 1 fully saturated rings.